The second-order valence-electron chi connectivity index (χ2n) is 4.26. The molecule has 4 heteroatoms. The quantitative estimate of drug-likeness (QED) is 0.869. The Labute approximate surface area is 107 Å². The molecule has 0 spiro atoms. The van der Waals surface area contributed by atoms with Crippen molar-refractivity contribution in [3.05, 3.63) is 35.2 Å². The molecule has 2 rings (SSSR count). The molecule has 0 aliphatic carbocycles. The molecule has 2 aromatic rings. The number of hydrogen-bond acceptors (Lipinski definition) is 3. The van der Waals surface area contributed by atoms with Crippen LogP contribution in [0.25, 0.3) is 11.1 Å². The van der Waals surface area contributed by atoms with Crippen molar-refractivity contribution in [3.8, 4) is 16.9 Å². The molecular weight excluding hydrogens is 226 g/mol. The highest BCUT2D eigenvalue weighted by atomic mass is 16.5. The fourth-order valence-electron chi connectivity index (χ4n) is 2.16. The molecular formula is C14H19N3O. The zero-order chi connectivity index (χ0) is 13.1. The van der Waals surface area contributed by atoms with Crippen molar-refractivity contribution in [2.75, 3.05) is 7.11 Å². The van der Waals surface area contributed by atoms with Gasteiger partial charge in [0, 0.05) is 23.4 Å². The molecule has 96 valence electrons. The number of aromatic amines is 1. The molecule has 3 N–H and O–H groups in total. The standard InChI is InChI=1S/C14H19N3O/c1-4-10-5-6-13(18-3)11(7-10)14-9(2)16-17-12(14)8-15/h5-7H,4,8,15H2,1-3H3,(H,16,17). The maximum atomic E-state index is 5.74. The highest BCUT2D eigenvalue weighted by molar-refractivity contribution is 5.75. The number of nitrogens with one attached hydrogen (secondary N) is 1. The van der Waals surface area contributed by atoms with Crippen molar-refractivity contribution in [2.45, 2.75) is 26.8 Å². The van der Waals surface area contributed by atoms with Gasteiger partial charge in [0.15, 0.2) is 0 Å². The molecule has 0 atom stereocenters. The maximum Gasteiger partial charge on any atom is 0.126 e. The van der Waals surface area contributed by atoms with Crippen LogP contribution in [0.1, 0.15) is 23.9 Å². The maximum absolute atomic E-state index is 5.74. The second-order valence-corrected chi connectivity index (χ2v) is 4.26. The van der Waals surface area contributed by atoms with Gasteiger partial charge < -0.3 is 10.5 Å². The summed E-state index contributed by atoms with van der Waals surface area (Å²) in [5, 5.41) is 7.23. The van der Waals surface area contributed by atoms with Crippen LogP contribution in [0.4, 0.5) is 0 Å². The molecule has 0 fully saturated rings. The lowest BCUT2D eigenvalue weighted by Crippen LogP contribution is -2.00. The highest BCUT2D eigenvalue weighted by Gasteiger charge is 2.15. The van der Waals surface area contributed by atoms with Gasteiger partial charge in [-0.05, 0) is 31.0 Å². The zero-order valence-electron chi connectivity index (χ0n) is 11.1. The van der Waals surface area contributed by atoms with E-state index in [0.29, 0.717) is 6.54 Å². The van der Waals surface area contributed by atoms with E-state index in [4.69, 9.17) is 10.5 Å². The van der Waals surface area contributed by atoms with Gasteiger partial charge in [-0.1, -0.05) is 13.0 Å². The van der Waals surface area contributed by atoms with E-state index in [0.717, 1.165) is 34.7 Å². The SMILES string of the molecule is CCc1ccc(OC)c(-c2c(CN)n[nH]c2C)c1. The number of ether oxygens (including phenoxy) is 1. The molecule has 1 aromatic heterocycles. The van der Waals surface area contributed by atoms with Gasteiger partial charge in [0.1, 0.15) is 5.75 Å². The molecule has 1 heterocycles. The Hall–Kier alpha value is -1.81. The number of benzene rings is 1. The summed E-state index contributed by atoms with van der Waals surface area (Å²) in [6.45, 7) is 4.55. The minimum absolute atomic E-state index is 0.416. The van der Waals surface area contributed by atoms with E-state index < -0.39 is 0 Å². The van der Waals surface area contributed by atoms with Gasteiger partial charge in [0.05, 0.1) is 12.8 Å². The lowest BCUT2D eigenvalue weighted by Gasteiger charge is -2.11. The van der Waals surface area contributed by atoms with Gasteiger partial charge in [-0.15, -0.1) is 0 Å². The smallest absolute Gasteiger partial charge is 0.126 e. The van der Waals surface area contributed by atoms with Crippen LogP contribution in [0.15, 0.2) is 18.2 Å². The Kier molecular flexibility index (Phi) is 3.67. The zero-order valence-corrected chi connectivity index (χ0v) is 11.1. The van der Waals surface area contributed by atoms with Crippen molar-refractivity contribution in [2.24, 2.45) is 5.73 Å². The summed E-state index contributed by atoms with van der Waals surface area (Å²) in [7, 11) is 1.68. The van der Waals surface area contributed by atoms with Crippen LogP contribution < -0.4 is 10.5 Å². The normalized spacial score (nSPS) is 10.7. The minimum atomic E-state index is 0.416. The van der Waals surface area contributed by atoms with Crippen molar-refractivity contribution >= 4 is 0 Å². The van der Waals surface area contributed by atoms with Crippen molar-refractivity contribution in [3.63, 3.8) is 0 Å². The van der Waals surface area contributed by atoms with E-state index in [1.165, 1.54) is 5.56 Å². The van der Waals surface area contributed by atoms with E-state index in [-0.39, 0.29) is 0 Å². The summed E-state index contributed by atoms with van der Waals surface area (Å²) in [6.07, 6.45) is 0.992. The fraction of sp³-hybridized carbons (Fsp3) is 0.357. The summed E-state index contributed by atoms with van der Waals surface area (Å²) in [6, 6.07) is 6.23. The van der Waals surface area contributed by atoms with Crippen LogP contribution >= 0.6 is 0 Å². The molecule has 0 aliphatic rings. The average molecular weight is 245 g/mol. The Morgan fingerprint density at radius 1 is 1.39 bits per heavy atom. The lowest BCUT2D eigenvalue weighted by molar-refractivity contribution is 0.416. The molecule has 4 nitrogen and oxygen atoms in total. The number of methoxy groups -OCH3 is 1. The van der Waals surface area contributed by atoms with E-state index in [1.807, 2.05) is 13.0 Å². The summed E-state index contributed by atoms with van der Waals surface area (Å²) >= 11 is 0. The molecule has 18 heavy (non-hydrogen) atoms. The van der Waals surface area contributed by atoms with Gasteiger partial charge in [0.25, 0.3) is 0 Å². The number of nitrogens with two attached hydrogens (primary N) is 1. The molecule has 0 saturated carbocycles. The molecule has 0 unspecified atom stereocenters. The van der Waals surface area contributed by atoms with Crippen LogP contribution in [0.3, 0.4) is 0 Å². The Morgan fingerprint density at radius 3 is 2.78 bits per heavy atom. The third-order valence-corrected chi connectivity index (χ3v) is 3.16. The number of aromatic nitrogens is 2. The predicted octanol–water partition coefficient (Wildman–Crippen LogP) is 2.41. The third-order valence-electron chi connectivity index (χ3n) is 3.16. The number of rotatable bonds is 4. The number of hydrogen-bond donors (Lipinski definition) is 2. The van der Waals surface area contributed by atoms with Crippen LogP contribution in [-0.4, -0.2) is 17.3 Å². The minimum Gasteiger partial charge on any atom is -0.496 e. The monoisotopic (exact) mass is 245 g/mol. The molecule has 0 saturated heterocycles. The molecule has 0 bridgehead atoms. The van der Waals surface area contributed by atoms with Gasteiger partial charge in [-0.3, -0.25) is 5.10 Å². The first-order valence-corrected chi connectivity index (χ1v) is 6.12. The first-order valence-electron chi connectivity index (χ1n) is 6.12. The van der Waals surface area contributed by atoms with Gasteiger partial charge >= 0.3 is 0 Å². The Balaban J connectivity index is 2.64. The highest BCUT2D eigenvalue weighted by Crippen LogP contribution is 2.34. The molecule has 0 radical (unpaired) electrons. The van der Waals surface area contributed by atoms with Gasteiger partial charge in [-0.25, -0.2) is 0 Å². The molecule has 0 amide bonds. The summed E-state index contributed by atoms with van der Waals surface area (Å²) in [5.74, 6) is 0.853. The van der Waals surface area contributed by atoms with Crippen LogP contribution in [0.2, 0.25) is 0 Å². The summed E-state index contributed by atoms with van der Waals surface area (Å²) < 4.78 is 5.44. The van der Waals surface area contributed by atoms with Crippen LogP contribution in [-0.2, 0) is 13.0 Å². The van der Waals surface area contributed by atoms with E-state index in [2.05, 4.69) is 29.3 Å². The van der Waals surface area contributed by atoms with E-state index in [9.17, 15) is 0 Å². The van der Waals surface area contributed by atoms with Crippen LogP contribution in [0, 0.1) is 6.92 Å². The van der Waals surface area contributed by atoms with Crippen molar-refractivity contribution < 1.29 is 4.74 Å². The summed E-state index contributed by atoms with van der Waals surface area (Å²) in [5.41, 5.74) is 11.0. The number of H-pyrrole nitrogens is 1. The average Bonchev–Trinajstić information content (AvgIpc) is 2.78. The molecule has 1 aromatic carbocycles. The van der Waals surface area contributed by atoms with Crippen LogP contribution in [0.5, 0.6) is 5.75 Å². The second kappa shape index (κ2) is 5.23. The largest absolute Gasteiger partial charge is 0.496 e. The van der Waals surface area contributed by atoms with E-state index >= 15 is 0 Å². The van der Waals surface area contributed by atoms with Crippen molar-refractivity contribution in [1.29, 1.82) is 0 Å². The Bertz CT molecular complexity index is 546. The van der Waals surface area contributed by atoms with E-state index in [1.54, 1.807) is 7.11 Å². The number of nitrogens with zero attached hydrogens (tertiary/aromatic N) is 1. The Morgan fingerprint density at radius 2 is 2.17 bits per heavy atom. The van der Waals surface area contributed by atoms with Gasteiger partial charge in [0.2, 0.25) is 0 Å². The topological polar surface area (TPSA) is 63.9 Å². The van der Waals surface area contributed by atoms with Gasteiger partial charge in [-0.2, -0.15) is 5.10 Å². The predicted molar refractivity (Wildman–Crippen MR) is 72.6 cm³/mol. The summed E-state index contributed by atoms with van der Waals surface area (Å²) in [4.78, 5) is 0. The first-order chi connectivity index (χ1) is 8.71. The number of aryl methyl sites for hydroxylation is 2. The first kappa shape index (κ1) is 12.6. The molecule has 0 aliphatic heterocycles. The fourth-order valence-corrected chi connectivity index (χ4v) is 2.16. The third kappa shape index (κ3) is 2.11. The lowest BCUT2D eigenvalue weighted by atomic mass is 9.99. The van der Waals surface area contributed by atoms with Crippen molar-refractivity contribution in [1.82, 2.24) is 10.2 Å².